The van der Waals surface area contributed by atoms with Gasteiger partial charge in [0.2, 0.25) is 0 Å². The SMILES string of the molecule is COc1cc(NC(=S)NCc2ccccc2OC(F)(F)F)c(OC)cc1Cl. The van der Waals surface area contributed by atoms with E-state index in [1.807, 2.05) is 0 Å². The van der Waals surface area contributed by atoms with E-state index in [1.165, 1.54) is 32.4 Å². The average molecular weight is 421 g/mol. The zero-order chi connectivity index (χ0) is 20.0. The third-order valence-corrected chi connectivity index (χ3v) is 3.90. The molecule has 0 amide bonds. The number of nitrogens with one attached hydrogen (secondary N) is 2. The summed E-state index contributed by atoms with van der Waals surface area (Å²) in [5.74, 6) is 0.531. The van der Waals surface area contributed by atoms with Gasteiger partial charge in [0.25, 0.3) is 0 Å². The molecule has 0 unspecified atom stereocenters. The molecule has 10 heteroatoms. The number of benzene rings is 2. The van der Waals surface area contributed by atoms with Gasteiger partial charge < -0.3 is 24.8 Å². The van der Waals surface area contributed by atoms with Crippen LogP contribution in [0.2, 0.25) is 5.02 Å². The van der Waals surface area contributed by atoms with Gasteiger partial charge in [0.05, 0.1) is 24.9 Å². The maximum Gasteiger partial charge on any atom is 0.573 e. The van der Waals surface area contributed by atoms with Crippen LogP contribution in [0.3, 0.4) is 0 Å². The summed E-state index contributed by atoms with van der Waals surface area (Å²) in [5.41, 5.74) is 0.774. The zero-order valence-electron chi connectivity index (χ0n) is 14.3. The van der Waals surface area contributed by atoms with Crippen LogP contribution in [0.15, 0.2) is 36.4 Å². The third-order valence-electron chi connectivity index (χ3n) is 3.36. The van der Waals surface area contributed by atoms with Crippen LogP contribution in [0, 0.1) is 0 Å². The number of thiocarbonyl (C=S) groups is 1. The molecule has 27 heavy (non-hydrogen) atoms. The number of hydrogen-bond donors (Lipinski definition) is 2. The summed E-state index contributed by atoms with van der Waals surface area (Å²) in [5, 5.41) is 6.24. The average Bonchev–Trinajstić information content (AvgIpc) is 2.60. The molecule has 0 aliphatic heterocycles. The Morgan fingerprint density at radius 2 is 1.74 bits per heavy atom. The van der Waals surface area contributed by atoms with E-state index in [2.05, 4.69) is 15.4 Å². The fraction of sp³-hybridized carbons (Fsp3) is 0.235. The third kappa shape index (κ3) is 6.07. The van der Waals surface area contributed by atoms with Gasteiger partial charge in [-0.25, -0.2) is 0 Å². The highest BCUT2D eigenvalue weighted by molar-refractivity contribution is 7.80. The Morgan fingerprint density at radius 3 is 2.37 bits per heavy atom. The van der Waals surface area contributed by atoms with E-state index < -0.39 is 6.36 Å². The monoisotopic (exact) mass is 420 g/mol. The van der Waals surface area contributed by atoms with Gasteiger partial charge in [-0.1, -0.05) is 29.8 Å². The normalized spacial score (nSPS) is 10.9. The second-order valence-electron chi connectivity index (χ2n) is 5.15. The predicted octanol–water partition coefficient (Wildman–Crippen LogP) is 4.74. The van der Waals surface area contributed by atoms with Crippen molar-refractivity contribution in [2.24, 2.45) is 0 Å². The van der Waals surface area contributed by atoms with Gasteiger partial charge in [-0.3, -0.25) is 0 Å². The highest BCUT2D eigenvalue weighted by Crippen LogP contribution is 2.35. The second-order valence-corrected chi connectivity index (χ2v) is 5.97. The van der Waals surface area contributed by atoms with Gasteiger partial charge in [-0.2, -0.15) is 0 Å². The topological polar surface area (TPSA) is 51.8 Å². The lowest BCUT2D eigenvalue weighted by molar-refractivity contribution is -0.274. The molecule has 2 N–H and O–H groups in total. The summed E-state index contributed by atoms with van der Waals surface area (Å²) >= 11 is 11.2. The van der Waals surface area contributed by atoms with E-state index in [0.29, 0.717) is 27.8 Å². The van der Waals surface area contributed by atoms with Crippen molar-refractivity contribution in [2.45, 2.75) is 12.9 Å². The summed E-state index contributed by atoms with van der Waals surface area (Å²) in [6.07, 6.45) is -4.78. The Morgan fingerprint density at radius 1 is 1.07 bits per heavy atom. The molecule has 2 aromatic carbocycles. The molecule has 0 bridgehead atoms. The Hall–Kier alpha value is -2.39. The summed E-state index contributed by atoms with van der Waals surface area (Å²) < 4.78 is 51.8. The van der Waals surface area contributed by atoms with Crippen LogP contribution in [-0.2, 0) is 6.54 Å². The lowest BCUT2D eigenvalue weighted by Gasteiger charge is -2.17. The minimum Gasteiger partial charge on any atom is -0.495 e. The molecule has 146 valence electrons. The number of hydrogen-bond acceptors (Lipinski definition) is 4. The van der Waals surface area contributed by atoms with Crippen LogP contribution >= 0.6 is 23.8 Å². The smallest absolute Gasteiger partial charge is 0.495 e. The number of methoxy groups -OCH3 is 2. The summed E-state index contributed by atoms with van der Waals surface area (Å²) in [6, 6.07) is 8.93. The molecular weight excluding hydrogens is 405 g/mol. The first kappa shape index (κ1) is 20.9. The van der Waals surface area contributed by atoms with Crippen LogP contribution in [0.25, 0.3) is 0 Å². The number of halogens is 4. The van der Waals surface area contributed by atoms with Crippen LogP contribution in [0.5, 0.6) is 17.2 Å². The number of ether oxygens (including phenoxy) is 3. The second kappa shape index (κ2) is 9.01. The van der Waals surface area contributed by atoms with Crippen molar-refractivity contribution in [3.05, 3.63) is 47.0 Å². The number of rotatable bonds is 6. The molecule has 0 radical (unpaired) electrons. The molecule has 0 saturated heterocycles. The fourth-order valence-corrected chi connectivity index (χ4v) is 2.59. The standard InChI is InChI=1S/C17H16ClF3N2O3S/c1-24-14-8-12(15(25-2)7-11(14)18)23-16(27)22-9-10-5-3-4-6-13(10)26-17(19,20)21/h3-8H,9H2,1-2H3,(H2,22,23,27). The first-order valence-corrected chi connectivity index (χ1v) is 8.32. The minimum absolute atomic E-state index is 0.0190. The van der Waals surface area contributed by atoms with Gasteiger partial charge in [0, 0.05) is 24.2 Å². The van der Waals surface area contributed by atoms with Crippen molar-refractivity contribution in [2.75, 3.05) is 19.5 Å². The maximum absolute atomic E-state index is 12.5. The largest absolute Gasteiger partial charge is 0.573 e. The fourth-order valence-electron chi connectivity index (χ4n) is 2.17. The van der Waals surface area contributed by atoms with E-state index >= 15 is 0 Å². The first-order chi connectivity index (χ1) is 12.7. The minimum atomic E-state index is -4.78. The lowest BCUT2D eigenvalue weighted by Crippen LogP contribution is -2.28. The lowest BCUT2D eigenvalue weighted by atomic mass is 10.2. The Balaban J connectivity index is 2.08. The predicted molar refractivity (Wildman–Crippen MR) is 101 cm³/mol. The van der Waals surface area contributed by atoms with Crippen LogP contribution in [0.1, 0.15) is 5.56 Å². The Bertz CT molecular complexity index is 818. The maximum atomic E-state index is 12.5. The highest BCUT2D eigenvalue weighted by Gasteiger charge is 2.31. The molecule has 2 aromatic rings. The molecule has 2 rings (SSSR count). The van der Waals surface area contributed by atoms with Crippen molar-refractivity contribution in [1.29, 1.82) is 0 Å². The van der Waals surface area contributed by atoms with Crippen molar-refractivity contribution in [3.8, 4) is 17.2 Å². The number of anilines is 1. The molecule has 0 aliphatic rings. The zero-order valence-corrected chi connectivity index (χ0v) is 15.9. The van der Waals surface area contributed by atoms with E-state index in [1.54, 1.807) is 18.2 Å². The van der Waals surface area contributed by atoms with E-state index in [9.17, 15) is 13.2 Å². The van der Waals surface area contributed by atoms with E-state index in [0.717, 1.165) is 0 Å². The summed E-state index contributed by atoms with van der Waals surface area (Å²) in [7, 11) is 2.93. The van der Waals surface area contributed by atoms with Gasteiger partial charge in [0.15, 0.2) is 5.11 Å². The molecule has 0 aliphatic carbocycles. The highest BCUT2D eigenvalue weighted by atomic mass is 35.5. The number of para-hydroxylation sites is 1. The molecule has 0 fully saturated rings. The van der Waals surface area contributed by atoms with Gasteiger partial charge >= 0.3 is 6.36 Å². The van der Waals surface area contributed by atoms with Crippen LogP contribution in [0.4, 0.5) is 18.9 Å². The molecule has 0 saturated carbocycles. The molecule has 0 aromatic heterocycles. The van der Waals surface area contributed by atoms with Crippen molar-refractivity contribution < 1.29 is 27.4 Å². The van der Waals surface area contributed by atoms with Crippen molar-refractivity contribution in [3.63, 3.8) is 0 Å². The van der Waals surface area contributed by atoms with Crippen LogP contribution < -0.4 is 24.8 Å². The summed E-state index contributed by atoms with van der Waals surface area (Å²) in [6.45, 7) is 0.0190. The molecular formula is C17H16ClF3N2O3S. The number of alkyl halides is 3. The van der Waals surface area contributed by atoms with Gasteiger partial charge in [-0.15, -0.1) is 13.2 Å². The van der Waals surface area contributed by atoms with Gasteiger partial charge in [0.1, 0.15) is 17.2 Å². The first-order valence-electron chi connectivity index (χ1n) is 7.53. The van der Waals surface area contributed by atoms with Crippen molar-refractivity contribution in [1.82, 2.24) is 5.32 Å². The Kier molecular flexibility index (Phi) is 6.98. The summed E-state index contributed by atoms with van der Waals surface area (Å²) in [4.78, 5) is 0. The van der Waals surface area contributed by atoms with Gasteiger partial charge in [-0.05, 0) is 18.3 Å². The Labute approximate surface area is 164 Å². The van der Waals surface area contributed by atoms with Crippen molar-refractivity contribution >= 4 is 34.6 Å². The molecule has 0 atom stereocenters. The molecule has 5 nitrogen and oxygen atoms in total. The molecule has 0 spiro atoms. The van der Waals surface area contributed by atoms with E-state index in [4.69, 9.17) is 33.3 Å². The van der Waals surface area contributed by atoms with E-state index in [-0.39, 0.29) is 17.4 Å². The quantitative estimate of drug-likeness (QED) is 0.658. The van der Waals surface area contributed by atoms with Crippen LogP contribution in [-0.4, -0.2) is 25.7 Å². The molecule has 0 heterocycles.